The molecule has 0 saturated heterocycles. The lowest BCUT2D eigenvalue weighted by atomic mass is 9.88. The molecule has 0 heterocycles. The molecule has 17 heavy (non-hydrogen) atoms. The third-order valence-corrected chi connectivity index (χ3v) is 3.41. The minimum Gasteiger partial charge on any atom is -0.392 e. The van der Waals surface area contributed by atoms with E-state index in [9.17, 15) is 9.50 Å². The first-order chi connectivity index (χ1) is 8.22. The summed E-state index contributed by atoms with van der Waals surface area (Å²) in [4.78, 5) is 9.56. The van der Waals surface area contributed by atoms with Crippen LogP contribution in [0.25, 0.3) is 0 Å². The summed E-state index contributed by atoms with van der Waals surface area (Å²) in [6.07, 6.45) is 1.26. The average molecular weight is 240 g/mol. The van der Waals surface area contributed by atoms with Gasteiger partial charge < -0.3 is 5.11 Å². The van der Waals surface area contributed by atoms with Gasteiger partial charge in [-0.15, -0.1) is 0 Å². The summed E-state index contributed by atoms with van der Waals surface area (Å²) in [5.74, 6) is -0.0351. The molecule has 2 rings (SSSR count). The van der Waals surface area contributed by atoms with Gasteiger partial charge in [0.1, 0.15) is 5.82 Å². The van der Waals surface area contributed by atoms with Crippen LogP contribution in [0.2, 0.25) is 0 Å². The Hall–Kier alpha value is -0.970. The van der Waals surface area contributed by atoms with Crippen molar-refractivity contribution in [3.8, 4) is 0 Å². The maximum absolute atomic E-state index is 12.9. The summed E-state index contributed by atoms with van der Waals surface area (Å²) in [6.45, 7) is 0.454. The van der Waals surface area contributed by atoms with Crippen LogP contribution in [-0.2, 0) is 9.78 Å². The largest absolute Gasteiger partial charge is 0.392 e. The zero-order chi connectivity index (χ0) is 12.3. The number of halogens is 1. The van der Waals surface area contributed by atoms with Gasteiger partial charge in [-0.25, -0.2) is 14.2 Å². The Labute approximate surface area is 100 Å². The van der Waals surface area contributed by atoms with Crippen molar-refractivity contribution in [1.29, 1.82) is 0 Å². The van der Waals surface area contributed by atoms with Gasteiger partial charge in [0.15, 0.2) is 0 Å². The van der Waals surface area contributed by atoms with Gasteiger partial charge in [0.05, 0.1) is 19.8 Å². The molecule has 1 aliphatic carbocycles. The number of aliphatic hydroxyl groups excluding tert-OH is 1. The van der Waals surface area contributed by atoms with Crippen molar-refractivity contribution >= 4 is 0 Å². The molecule has 1 aromatic rings. The van der Waals surface area contributed by atoms with Crippen LogP contribution in [0.5, 0.6) is 0 Å². The predicted octanol–water partition coefficient (Wildman–Crippen LogP) is 2.26. The van der Waals surface area contributed by atoms with Crippen molar-refractivity contribution < 1.29 is 19.3 Å². The second-order valence-electron chi connectivity index (χ2n) is 4.43. The first kappa shape index (κ1) is 12.5. The molecule has 3 atom stereocenters. The van der Waals surface area contributed by atoms with Gasteiger partial charge in [-0.05, 0) is 36.5 Å². The molecule has 1 aliphatic rings. The van der Waals surface area contributed by atoms with Crippen molar-refractivity contribution in [3.05, 3.63) is 35.6 Å². The van der Waals surface area contributed by atoms with Gasteiger partial charge >= 0.3 is 0 Å². The molecule has 4 heteroatoms. The van der Waals surface area contributed by atoms with E-state index in [1.165, 1.54) is 19.2 Å². The Balaban J connectivity index is 2.12. The molecule has 1 N–H and O–H groups in total. The zero-order valence-corrected chi connectivity index (χ0v) is 9.80. The summed E-state index contributed by atoms with van der Waals surface area (Å²) < 4.78 is 12.9. The number of aliphatic hydroxyl groups is 1. The summed E-state index contributed by atoms with van der Waals surface area (Å²) in [6, 6.07) is 6.31. The van der Waals surface area contributed by atoms with Gasteiger partial charge in [0, 0.05) is 5.92 Å². The lowest BCUT2D eigenvalue weighted by Crippen LogP contribution is -2.20. The molecule has 0 aromatic heterocycles. The van der Waals surface area contributed by atoms with Crippen LogP contribution in [0.15, 0.2) is 24.3 Å². The van der Waals surface area contributed by atoms with Gasteiger partial charge in [0.25, 0.3) is 0 Å². The second-order valence-corrected chi connectivity index (χ2v) is 4.43. The number of rotatable bonds is 4. The summed E-state index contributed by atoms with van der Waals surface area (Å²) in [5.41, 5.74) is 0.959. The van der Waals surface area contributed by atoms with E-state index in [0.29, 0.717) is 6.61 Å². The highest BCUT2D eigenvalue weighted by Gasteiger charge is 2.36. The molecule has 1 fully saturated rings. The molecule has 94 valence electrons. The Morgan fingerprint density at radius 1 is 1.29 bits per heavy atom. The van der Waals surface area contributed by atoms with E-state index < -0.39 is 0 Å². The molecule has 1 saturated carbocycles. The molecule has 3 nitrogen and oxygen atoms in total. The van der Waals surface area contributed by atoms with Gasteiger partial charge in [-0.3, -0.25) is 0 Å². The Morgan fingerprint density at radius 2 is 2.00 bits per heavy atom. The van der Waals surface area contributed by atoms with Crippen molar-refractivity contribution in [1.82, 2.24) is 0 Å². The monoisotopic (exact) mass is 240 g/mol. The fraction of sp³-hybridized carbons (Fsp3) is 0.538. The number of benzene rings is 1. The highest BCUT2D eigenvalue weighted by molar-refractivity contribution is 5.24. The number of hydrogen-bond acceptors (Lipinski definition) is 3. The molecule has 1 aromatic carbocycles. The third kappa shape index (κ3) is 2.83. The molecular weight excluding hydrogens is 223 g/mol. The SMILES string of the molecule is COOCC1CCC(O)[C@H]1c1ccc(F)cc1. The molecule has 0 spiro atoms. The van der Waals surface area contributed by atoms with Gasteiger partial charge in [-0.2, -0.15) is 0 Å². The summed E-state index contributed by atoms with van der Waals surface area (Å²) >= 11 is 0. The molecule has 0 radical (unpaired) electrons. The van der Waals surface area contributed by atoms with E-state index in [4.69, 9.17) is 4.89 Å². The Morgan fingerprint density at radius 3 is 2.65 bits per heavy atom. The highest BCUT2D eigenvalue weighted by Crippen LogP contribution is 2.40. The lowest BCUT2D eigenvalue weighted by Gasteiger charge is -2.21. The van der Waals surface area contributed by atoms with Crippen molar-refractivity contribution in [2.75, 3.05) is 13.7 Å². The minimum absolute atomic E-state index is 0.00532. The topological polar surface area (TPSA) is 38.7 Å². The van der Waals surface area contributed by atoms with Crippen LogP contribution in [0.1, 0.15) is 24.3 Å². The molecule has 2 unspecified atom stereocenters. The molecule has 0 amide bonds. The van der Waals surface area contributed by atoms with E-state index in [0.717, 1.165) is 18.4 Å². The maximum atomic E-state index is 12.9. The first-order valence-corrected chi connectivity index (χ1v) is 5.81. The normalized spacial score (nSPS) is 28.5. The van der Waals surface area contributed by atoms with Crippen LogP contribution in [0.4, 0.5) is 4.39 Å². The van der Waals surface area contributed by atoms with E-state index >= 15 is 0 Å². The smallest absolute Gasteiger partial charge is 0.123 e. The predicted molar refractivity (Wildman–Crippen MR) is 60.8 cm³/mol. The molecular formula is C13H17FO3. The van der Waals surface area contributed by atoms with Crippen LogP contribution in [0.3, 0.4) is 0 Å². The lowest BCUT2D eigenvalue weighted by molar-refractivity contribution is -0.280. The molecule has 0 bridgehead atoms. The van der Waals surface area contributed by atoms with Crippen LogP contribution >= 0.6 is 0 Å². The van der Waals surface area contributed by atoms with Crippen LogP contribution < -0.4 is 0 Å². The Kier molecular flexibility index (Phi) is 4.10. The summed E-state index contributed by atoms with van der Waals surface area (Å²) in [7, 11) is 1.47. The minimum atomic E-state index is -0.383. The van der Waals surface area contributed by atoms with E-state index in [1.807, 2.05) is 0 Å². The van der Waals surface area contributed by atoms with E-state index in [-0.39, 0.29) is 23.8 Å². The standard InChI is InChI=1S/C13H17FO3/c1-16-17-8-10-4-7-12(15)13(10)9-2-5-11(14)6-3-9/h2-3,5-6,10,12-13,15H,4,7-8H2,1H3/t10?,12?,13-/m0/s1. The third-order valence-electron chi connectivity index (χ3n) is 3.41. The quantitative estimate of drug-likeness (QED) is 0.648. The first-order valence-electron chi connectivity index (χ1n) is 5.81. The second kappa shape index (κ2) is 5.58. The van der Waals surface area contributed by atoms with Crippen molar-refractivity contribution in [2.24, 2.45) is 5.92 Å². The van der Waals surface area contributed by atoms with Crippen molar-refractivity contribution in [3.63, 3.8) is 0 Å². The van der Waals surface area contributed by atoms with Crippen LogP contribution in [0, 0.1) is 11.7 Å². The van der Waals surface area contributed by atoms with E-state index in [1.54, 1.807) is 12.1 Å². The fourth-order valence-electron chi connectivity index (χ4n) is 2.58. The number of hydrogen-bond donors (Lipinski definition) is 1. The summed E-state index contributed by atoms with van der Waals surface area (Å²) in [5, 5.41) is 9.99. The van der Waals surface area contributed by atoms with Gasteiger partial charge in [0.2, 0.25) is 0 Å². The maximum Gasteiger partial charge on any atom is 0.123 e. The van der Waals surface area contributed by atoms with Crippen molar-refractivity contribution in [2.45, 2.75) is 24.9 Å². The van der Waals surface area contributed by atoms with E-state index in [2.05, 4.69) is 4.89 Å². The van der Waals surface area contributed by atoms with Crippen LogP contribution in [-0.4, -0.2) is 24.9 Å². The zero-order valence-electron chi connectivity index (χ0n) is 9.80. The average Bonchev–Trinajstić information content (AvgIpc) is 2.69. The Bertz CT molecular complexity index is 352. The van der Waals surface area contributed by atoms with Gasteiger partial charge in [-0.1, -0.05) is 12.1 Å². The fourth-order valence-corrected chi connectivity index (χ4v) is 2.58. The highest BCUT2D eigenvalue weighted by atomic mass is 19.1. The molecule has 0 aliphatic heterocycles.